The highest BCUT2D eigenvalue weighted by Crippen LogP contribution is 2.17. The van der Waals surface area contributed by atoms with E-state index >= 15 is 0 Å². The molecule has 0 saturated carbocycles. The Balaban J connectivity index is 2.76. The number of fused-ring (bicyclic) bond motifs is 1. The third kappa shape index (κ3) is 1.86. The summed E-state index contributed by atoms with van der Waals surface area (Å²) in [5.74, 6) is 0. The molecular formula is C13H16NS+. The summed E-state index contributed by atoms with van der Waals surface area (Å²) in [6.45, 7) is 5.35. The van der Waals surface area contributed by atoms with Gasteiger partial charge in [0.25, 0.3) is 0 Å². The van der Waals surface area contributed by atoms with Gasteiger partial charge in [0.05, 0.1) is 0 Å². The number of hydrogen-bond donors (Lipinski definition) is 0. The highest BCUT2D eigenvalue weighted by molar-refractivity contribution is 7.98. The maximum Gasteiger partial charge on any atom is 0.240 e. The van der Waals surface area contributed by atoms with E-state index in [-0.39, 0.29) is 0 Å². The van der Waals surface area contributed by atoms with Gasteiger partial charge in [0.1, 0.15) is 6.54 Å². The molecule has 1 aromatic carbocycles. The molecule has 0 amide bonds. The molecule has 0 aliphatic heterocycles. The smallest absolute Gasteiger partial charge is 0.186 e. The van der Waals surface area contributed by atoms with Crippen LogP contribution in [0.2, 0.25) is 0 Å². The van der Waals surface area contributed by atoms with E-state index in [9.17, 15) is 0 Å². The Hall–Kier alpha value is -1.02. The van der Waals surface area contributed by atoms with E-state index in [0.29, 0.717) is 0 Å². The quantitative estimate of drug-likeness (QED) is 0.553. The van der Waals surface area contributed by atoms with Gasteiger partial charge >= 0.3 is 0 Å². The van der Waals surface area contributed by atoms with Crippen LogP contribution in [0.5, 0.6) is 0 Å². The molecular weight excluding hydrogens is 202 g/mol. The fraction of sp³-hybridized carbons (Fsp3) is 0.308. The Morgan fingerprint density at radius 1 is 1.20 bits per heavy atom. The molecule has 0 fully saturated rings. The van der Waals surface area contributed by atoms with E-state index in [0.717, 1.165) is 6.54 Å². The van der Waals surface area contributed by atoms with Crippen LogP contribution in [-0.2, 0) is 6.54 Å². The molecule has 1 heterocycles. The topological polar surface area (TPSA) is 3.88 Å². The number of thioether (sulfide) groups is 1. The Labute approximate surface area is 95.1 Å². The number of aryl methyl sites for hydroxylation is 2. The maximum absolute atomic E-state index is 2.36. The fourth-order valence-electron chi connectivity index (χ4n) is 1.93. The minimum Gasteiger partial charge on any atom is -0.186 e. The van der Waals surface area contributed by atoms with E-state index in [1.54, 1.807) is 11.8 Å². The lowest BCUT2D eigenvalue weighted by atomic mass is 10.1. The fourth-order valence-corrected chi connectivity index (χ4v) is 2.58. The number of rotatable bonds is 2. The summed E-state index contributed by atoms with van der Waals surface area (Å²) >= 11 is 1.80. The van der Waals surface area contributed by atoms with E-state index in [1.165, 1.54) is 21.5 Å². The van der Waals surface area contributed by atoms with Crippen molar-refractivity contribution < 1.29 is 4.57 Å². The van der Waals surface area contributed by atoms with Crippen molar-refractivity contribution in [3.05, 3.63) is 35.9 Å². The molecule has 78 valence electrons. The van der Waals surface area contributed by atoms with Crippen LogP contribution >= 0.6 is 11.8 Å². The van der Waals surface area contributed by atoms with Crippen molar-refractivity contribution in [3.63, 3.8) is 0 Å². The molecule has 15 heavy (non-hydrogen) atoms. The summed E-state index contributed by atoms with van der Waals surface area (Å²) in [4.78, 5) is 0. The Kier molecular flexibility index (Phi) is 2.96. The van der Waals surface area contributed by atoms with Crippen molar-refractivity contribution in [2.24, 2.45) is 0 Å². The molecule has 0 aliphatic carbocycles. The van der Waals surface area contributed by atoms with Crippen molar-refractivity contribution in [1.82, 2.24) is 0 Å². The number of benzene rings is 1. The van der Waals surface area contributed by atoms with Crippen molar-refractivity contribution in [3.8, 4) is 0 Å². The molecule has 2 aromatic rings. The zero-order valence-electron chi connectivity index (χ0n) is 9.45. The Morgan fingerprint density at radius 3 is 2.67 bits per heavy atom. The number of hydrogen-bond acceptors (Lipinski definition) is 1. The van der Waals surface area contributed by atoms with Gasteiger partial charge in [0, 0.05) is 17.5 Å². The second-order valence-corrected chi connectivity index (χ2v) is 4.51. The second-order valence-electron chi connectivity index (χ2n) is 3.68. The van der Waals surface area contributed by atoms with E-state index in [2.05, 4.69) is 55.0 Å². The van der Waals surface area contributed by atoms with Crippen molar-refractivity contribution >= 4 is 22.7 Å². The Morgan fingerprint density at radius 2 is 2.00 bits per heavy atom. The molecule has 0 atom stereocenters. The molecule has 1 aromatic heterocycles. The average Bonchev–Trinajstić information content (AvgIpc) is 2.27. The van der Waals surface area contributed by atoms with E-state index in [4.69, 9.17) is 0 Å². The summed E-state index contributed by atoms with van der Waals surface area (Å²) in [6.07, 6.45) is 2.13. The van der Waals surface area contributed by atoms with Gasteiger partial charge in [-0.25, -0.2) is 0 Å². The number of aromatic nitrogens is 1. The zero-order valence-corrected chi connectivity index (χ0v) is 10.3. The first-order chi connectivity index (χ1) is 7.26. The van der Waals surface area contributed by atoms with Gasteiger partial charge in [-0.2, -0.15) is 4.57 Å². The first-order valence-electron chi connectivity index (χ1n) is 5.23. The summed E-state index contributed by atoms with van der Waals surface area (Å²) in [6, 6.07) is 11.0. The van der Waals surface area contributed by atoms with Gasteiger partial charge in [-0.15, -0.1) is 0 Å². The van der Waals surface area contributed by atoms with E-state index in [1.807, 2.05) is 0 Å². The summed E-state index contributed by atoms with van der Waals surface area (Å²) < 4.78 is 2.36. The molecule has 0 N–H and O–H groups in total. The highest BCUT2D eigenvalue weighted by atomic mass is 32.2. The number of nitrogens with zero attached hydrogens (tertiary/aromatic N) is 1. The van der Waals surface area contributed by atoms with Crippen molar-refractivity contribution in [1.29, 1.82) is 0 Å². The Bertz CT molecular complexity index is 491. The van der Waals surface area contributed by atoms with Crippen LogP contribution in [0.4, 0.5) is 0 Å². The lowest BCUT2D eigenvalue weighted by molar-refractivity contribution is -0.704. The molecule has 0 radical (unpaired) electrons. The van der Waals surface area contributed by atoms with Crippen LogP contribution in [0.15, 0.2) is 35.4 Å². The summed E-state index contributed by atoms with van der Waals surface area (Å²) in [5.41, 5.74) is 2.65. The first-order valence-corrected chi connectivity index (χ1v) is 6.46. The van der Waals surface area contributed by atoms with Crippen LogP contribution in [-0.4, -0.2) is 6.26 Å². The molecule has 2 rings (SSSR count). The lowest BCUT2D eigenvalue weighted by Crippen LogP contribution is -2.35. The minimum atomic E-state index is 1.02. The normalized spacial score (nSPS) is 10.9. The third-order valence-electron chi connectivity index (χ3n) is 2.67. The predicted molar refractivity (Wildman–Crippen MR) is 66.3 cm³/mol. The largest absolute Gasteiger partial charge is 0.240 e. The summed E-state index contributed by atoms with van der Waals surface area (Å²) in [7, 11) is 0. The molecule has 2 heteroatoms. The van der Waals surface area contributed by atoms with Crippen LogP contribution in [0.3, 0.4) is 0 Å². The third-order valence-corrected chi connectivity index (χ3v) is 3.45. The monoisotopic (exact) mass is 218 g/mol. The molecule has 0 bridgehead atoms. The second kappa shape index (κ2) is 4.23. The summed E-state index contributed by atoms with van der Waals surface area (Å²) in [5, 5.41) is 2.66. The number of pyridine rings is 1. The first kappa shape index (κ1) is 10.5. The molecule has 0 unspecified atom stereocenters. The minimum absolute atomic E-state index is 1.02. The van der Waals surface area contributed by atoms with Crippen LogP contribution in [0.25, 0.3) is 10.9 Å². The van der Waals surface area contributed by atoms with Gasteiger partial charge < -0.3 is 0 Å². The standard InChI is InChI=1S/C13H16NS/c1-4-14-12-7-5-10(2)9-11(12)6-8-13(14)15-3/h5-9H,4H2,1-3H3/q+1. The highest BCUT2D eigenvalue weighted by Gasteiger charge is 2.12. The van der Waals surface area contributed by atoms with Crippen LogP contribution in [0, 0.1) is 6.92 Å². The predicted octanol–water partition coefficient (Wildman–Crippen LogP) is 3.18. The molecule has 0 aliphatic rings. The van der Waals surface area contributed by atoms with Crippen LogP contribution in [0.1, 0.15) is 12.5 Å². The zero-order chi connectivity index (χ0) is 10.8. The average molecular weight is 218 g/mol. The van der Waals surface area contributed by atoms with E-state index < -0.39 is 0 Å². The van der Waals surface area contributed by atoms with Gasteiger partial charge in [0.2, 0.25) is 10.5 Å². The molecule has 1 nitrogen and oxygen atoms in total. The maximum atomic E-state index is 2.36. The molecule has 0 spiro atoms. The molecule has 0 saturated heterocycles. The van der Waals surface area contributed by atoms with Gasteiger partial charge in [-0.05, 0) is 32.2 Å². The van der Waals surface area contributed by atoms with Crippen molar-refractivity contribution in [2.45, 2.75) is 25.4 Å². The SMILES string of the molecule is CC[n+]1c(SC)ccc2cc(C)ccc21. The van der Waals surface area contributed by atoms with Gasteiger partial charge in [0.15, 0.2) is 0 Å². The lowest BCUT2D eigenvalue weighted by Gasteiger charge is -2.03. The van der Waals surface area contributed by atoms with Crippen molar-refractivity contribution in [2.75, 3.05) is 6.26 Å². The van der Waals surface area contributed by atoms with Gasteiger partial charge in [-0.1, -0.05) is 23.4 Å². The van der Waals surface area contributed by atoms with Crippen LogP contribution < -0.4 is 4.57 Å². The van der Waals surface area contributed by atoms with Gasteiger partial charge in [-0.3, -0.25) is 0 Å².